The van der Waals surface area contributed by atoms with Crippen LogP contribution in [0.25, 0.3) is 0 Å². The third kappa shape index (κ3) is 3.05. The van der Waals surface area contributed by atoms with E-state index < -0.39 is 6.04 Å². The van der Waals surface area contributed by atoms with Crippen LogP contribution in [0.5, 0.6) is 0 Å². The van der Waals surface area contributed by atoms with Gasteiger partial charge in [-0.25, -0.2) is 0 Å². The summed E-state index contributed by atoms with van der Waals surface area (Å²) in [4.78, 5) is 16.9. The smallest absolute Gasteiger partial charge is 0.260 e. The molecule has 0 radical (unpaired) electrons. The van der Waals surface area contributed by atoms with Gasteiger partial charge in [0.2, 0.25) is 0 Å². The second-order valence-electron chi connectivity index (χ2n) is 6.39. The normalized spacial score (nSPS) is 23.5. The molecule has 0 saturated carbocycles. The van der Waals surface area contributed by atoms with Crippen molar-refractivity contribution in [3.05, 3.63) is 66.2 Å². The lowest BCUT2D eigenvalue weighted by atomic mass is 10.1. The fraction of sp³-hybridized carbons (Fsp3) is 0.300. The van der Waals surface area contributed by atoms with Gasteiger partial charge < -0.3 is 9.64 Å². The van der Waals surface area contributed by atoms with Crippen LogP contribution in [-0.4, -0.2) is 35.2 Å². The van der Waals surface area contributed by atoms with Crippen molar-refractivity contribution >= 4 is 28.9 Å². The summed E-state index contributed by atoms with van der Waals surface area (Å²) >= 11 is 5.71. The largest absolute Gasteiger partial charge is 0.376 e. The molecule has 2 aliphatic rings. The number of carbonyl (C=O) groups is 1. The van der Waals surface area contributed by atoms with Gasteiger partial charge in [-0.1, -0.05) is 48.5 Å². The highest BCUT2D eigenvalue weighted by Crippen LogP contribution is 2.35. The number of ether oxygens (including phenoxy) is 1. The molecule has 0 aliphatic carbocycles. The van der Waals surface area contributed by atoms with E-state index in [9.17, 15) is 4.79 Å². The first kappa shape index (κ1) is 16.2. The molecule has 2 aromatic rings. The van der Waals surface area contributed by atoms with Crippen molar-refractivity contribution in [3.63, 3.8) is 0 Å². The van der Waals surface area contributed by atoms with E-state index in [2.05, 4.69) is 0 Å². The first-order chi connectivity index (χ1) is 12.3. The molecule has 25 heavy (non-hydrogen) atoms. The Hall–Kier alpha value is -2.24. The molecule has 2 fully saturated rings. The van der Waals surface area contributed by atoms with E-state index in [0.29, 0.717) is 11.7 Å². The van der Waals surface area contributed by atoms with Crippen molar-refractivity contribution in [3.8, 4) is 0 Å². The molecule has 0 spiro atoms. The highest BCUT2D eigenvalue weighted by atomic mass is 32.1. The number of nitrogens with zero attached hydrogens (tertiary/aromatic N) is 2. The maximum absolute atomic E-state index is 13.3. The highest BCUT2D eigenvalue weighted by Gasteiger charge is 2.44. The number of thiocarbonyl (C=S) groups is 1. The Labute approximate surface area is 153 Å². The van der Waals surface area contributed by atoms with E-state index in [0.717, 1.165) is 30.7 Å². The summed E-state index contributed by atoms with van der Waals surface area (Å²) < 4.78 is 5.79. The first-order valence-electron chi connectivity index (χ1n) is 8.62. The zero-order valence-electron chi connectivity index (χ0n) is 13.9. The minimum absolute atomic E-state index is 0.000368. The van der Waals surface area contributed by atoms with Crippen molar-refractivity contribution in [1.82, 2.24) is 4.90 Å². The number of amides is 1. The molecular weight excluding hydrogens is 332 g/mol. The van der Waals surface area contributed by atoms with E-state index in [4.69, 9.17) is 17.0 Å². The number of carbonyl (C=O) groups excluding carboxylic acids is 1. The Morgan fingerprint density at radius 1 is 1.04 bits per heavy atom. The summed E-state index contributed by atoms with van der Waals surface area (Å²) in [6.45, 7) is 1.44. The molecule has 2 heterocycles. The number of benzene rings is 2. The SMILES string of the molecule is O=C1[C@H](c2ccccc2)N(C[C@H]2CCCO2)C(=S)N1c1ccccc1. The fourth-order valence-electron chi connectivity index (χ4n) is 3.55. The van der Waals surface area contributed by atoms with E-state index in [1.165, 1.54) is 0 Å². The average molecular weight is 352 g/mol. The molecule has 0 bridgehead atoms. The predicted octanol–water partition coefficient (Wildman–Crippen LogP) is 3.54. The molecule has 2 atom stereocenters. The molecule has 4 nitrogen and oxygen atoms in total. The van der Waals surface area contributed by atoms with Gasteiger partial charge in [0.15, 0.2) is 5.11 Å². The van der Waals surface area contributed by atoms with Gasteiger partial charge in [0.1, 0.15) is 6.04 Å². The lowest BCUT2D eigenvalue weighted by Crippen LogP contribution is -2.37. The molecule has 5 heteroatoms. The van der Waals surface area contributed by atoms with Crippen molar-refractivity contribution in [1.29, 1.82) is 0 Å². The zero-order valence-corrected chi connectivity index (χ0v) is 14.7. The Bertz CT molecular complexity index is 760. The summed E-state index contributed by atoms with van der Waals surface area (Å²) in [5.74, 6) is 0.000368. The average Bonchev–Trinajstić information content (AvgIpc) is 3.24. The second kappa shape index (κ2) is 6.94. The molecular formula is C20H20N2O2S. The van der Waals surface area contributed by atoms with Crippen molar-refractivity contribution < 1.29 is 9.53 Å². The van der Waals surface area contributed by atoms with Gasteiger partial charge in [0, 0.05) is 13.2 Å². The lowest BCUT2D eigenvalue weighted by Gasteiger charge is -2.26. The van der Waals surface area contributed by atoms with Gasteiger partial charge >= 0.3 is 0 Å². The standard InChI is InChI=1S/C20H20N2O2S/c23-19-18(15-8-3-1-4-9-15)21(14-17-12-7-13-24-17)20(25)22(19)16-10-5-2-6-11-16/h1-6,8-11,17-18H,7,12-14H2/t17-,18+/m1/s1. The molecule has 2 aromatic carbocycles. The molecule has 0 unspecified atom stereocenters. The molecule has 1 amide bonds. The van der Waals surface area contributed by atoms with Gasteiger partial charge in [0.05, 0.1) is 11.8 Å². The van der Waals surface area contributed by atoms with Crippen LogP contribution in [0.4, 0.5) is 5.69 Å². The van der Waals surface area contributed by atoms with Crippen LogP contribution in [-0.2, 0) is 9.53 Å². The van der Waals surface area contributed by atoms with E-state index in [-0.39, 0.29) is 12.0 Å². The van der Waals surface area contributed by atoms with Crippen LogP contribution in [0.1, 0.15) is 24.4 Å². The van der Waals surface area contributed by atoms with Gasteiger partial charge in [0.25, 0.3) is 5.91 Å². The Morgan fingerprint density at radius 3 is 2.36 bits per heavy atom. The van der Waals surface area contributed by atoms with Crippen LogP contribution in [0.3, 0.4) is 0 Å². The third-order valence-corrected chi connectivity index (χ3v) is 5.17. The molecule has 128 valence electrons. The zero-order chi connectivity index (χ0) is 17.2. The van der Waals surface area contributed by atoms with Crippen molar-refractivity contribution in [2.24, 2.45) is 0 Å². The minimum atomic E-state index is -0.391. The van der Waals surface area contributed by atoms with E-state index in [1.54, 1.807) is 4.90 Å². The third-order valence-electron chi connectivity index (χ3n) is 4.76. The summed E-state index contributed by atoms with van der Waals surface area (Å²) in [6.07, 6.45) is 2.21. The van der Waals surface area contributed by atoms with Crippen LogP contribution >= 0.6 is 12.2 Å². The summed E-state index contributed by atoms with van der Waals surface area (Å²) in [7, 11) is 0. The number of hydrogen-bond donors (Lipinski definition) is 0. The second-order valence-corrected chi connectivity index (χ2v) is 6.76. The molecule has 2 saturated heterocycles. The fourth-order valence-corrected chi connectivity index (χ4v) is 3.93. The van der Waals surface area contributed by atoms with Gasteiger partial charge in [-0.15, -0.1) is 0 Å². The number of anilines is 1. The molecule has 0 N–H and O–H groups in total. The monoisotopic (exact) mass is 352 g/mol. The Balaban J connectivity index is 1.70. The number of hydrogen-bond acceptors (Lipinski definition) is 3. The van der Waals surface area contributed by atoms with E-state index in [1.807, 2.05) is 65.6 Å². The van der Waals surface area contributed by atoms with E-state index >= 15 is 0 Å². The van der Waals surface area contributed by atoms with Crippen LogP contribution in [0.2, 0.25) is 0 Å². The molecule has 2 aliphatic heterocycles. The maximum Gasteiger partial charge on any atom is 0.260 e. The van der Waals surface area contributed by atoms with Crippen LogP contribution in [0.15, 0.2) is 60.7 Å². The number of para-hydroxylation sites is 1. The molecule has 4 rings (SSSR count). The van der Waals surface area contributed by atoms with Crippen LogP contribution in [0, 0.1) is 0 Å². The van der Waals surface area contributed by atoms with Crippen LogP contribution < -0.4 is 4.90 Å². The Morgan fingerprint density at radius 2 is 1.72 bits per heavy atom. The summed E-state index contributed by atoms with van der Waals surface area (Å²) in [6, 6.07) is 19.1. The van der Waals surface area contributed by atoms with Crippen molar-refractivity contribution in [2.45, 2.75) is 25.0 Å². The quantitative estimate of drug-likeness (QED) is 0.788. The minimum Gasteiger partial charge on any atom is -0.376 e. The summed E-state index contributed by atoms with van der Waals surface area (Å²) in [5.41, 5.74) is 1.78. The van der Waals surface area contributed by atoms with Gasteiger partial charge in [-0.3, -0.25) is 9.69 Å². The number of rotatable bonds is 4. The predicted molar refractivity (Wildman–Crippen MR) is 101 cm³/mol. The van der Waals surface area contributed by atoms with Gasteiger partial charge in [-0.2, -0.15) is 0 Å². The topological polar surface area (TPSA) is 32.8 Å². The maximum atomic E-state index is 13.3. The summed E-state index contributed by atoms with van der Waals surface area (Å²) in [5, 5.41) is 0.556. The van der Waals surface area contributed by atoms with Crippen molar-refractivity contribution in [2.75, 3.05) is 18.1 Å². The highest BCUT2D eigenvalue weighted by molar-refractivity contribution is 7.80. The van der Waals surface area contributed by atoms with Gasteiger partial charge in [-0.05, 0) is 42.8 Å². The molecule has 0 aromatic heterocycles. The Kier molecular flexibility index (Phi) is 4.51. The first-order valence-corrected chi connectivity index (χ1v) is 9.02. The lowest BCUT2D eigenvalue weighted by molar-refractivity contribution is -0.120.